The van der Waals surface area contributed by atoms with Gasteiger partial charge >= 0.3 is 5.97 Å². The maximum atomic E-state index is 11.4. The fraction of sp³-hybridized carbons (Fsp3) is 0.923. The van der Waals surface area contributed by atoms with Gasteiger partial charge in [0, 0.05) is 33.5 Å². The molecule has 0 bridgehead atoms. The standard InChI is InChI=1S/C13H27NO4/c1-11(2)9-13(10-14,12(15)16)5-8-18-7-4-6-17-3/h11H,4-10,14H2,1-3H3,(H,15,16). The number of ether oxygens (including phenoxy) is 2. The van der Waals surface area contributed by atoms with Crippen LogP contribution in [-0.2, 0) is 14.3 Å². The van der Waals surface area contributed by atoms with Gasteiger partial charge in [0.2, 0.25) is 0 Å². The van der Waals surface area contributed by atoms with Crippen LogP contribution in [0.1, 0.15) is 33.1 Å². The Balaban J connectivity index is 4.12. The van der Waals surface area contributed by atoms with Crippen LogP contribution in [0.4, 0.5) is 0 Å². The van der Waals surface area contributed by atoms with Gasteiger partial charge < -0.3 is 20.3 Å². The van der Waals surface area contributed by atoms with Crippen LogP contribution in [-0.4, -0.2) is 44.6 Å². The van der Waals surface area contributed by atoms with E-state index in [1.54, 1.807) is 7.11 Å². The van der Waals surface area contributed by atoms with Crippen molar-refractivity contribution in [3.05, 3.63) is 0 Å². The van der Waals surface area contributed by atoms with Gasteiger partial charge in [0.05, 0.1) is 5.41 Å². The van der Waals surface area contributed by atoms with Crippen molar-refractivity contribution in [1.29, 1.82) is 0 Å². The fourth-order valence-electron chi connectivity index (χ4n) is 2.03. The SMILES string of the molecule is COCCCOCCC(CN)(CC(C)C)C(=O)O. The number of methoxy groups -OCH3 is 1. The second-order valence-electron chi connectivity index (χ2n) is 5.10. The van der Waals surface area contributed by atoms with E-state index in [0.717, 1.165) is 6.42 Å². The molecule has 5 heteroatoms. The highest BCUT2D eigenvalue weighted by molar-refractivity contribution is 5.75. The smallest absolute Gasteiger partial charge is 0.311 e. The monoisotopic (exact) mass is 261 g/mol. The van der Waals surface area contributed by atoms with E-state index in [1.807, 2.05) is 13.8 Å². The van der Waals surface area contributed by atoms with Crippen molar-refractivity contribution in [3.63, 3.8) is 0 Å². The van der Waals surface area contributed by atoms with E-state index in [9.17, 15) is 9.90 Å². The third kappa shape index (κ3) is 6.33. The van der Waals surface area contributed by atoms with E-state index in [4.69, 9.17) is 15.2 Å². The Morgan fingerprint density at radius 3 is 2.44 bits per heavy atom. The molecule has 0 aliphatic heterocycles. The number of carboxylic acids is 1. The first kappa shape index (κ1) is 17.4. The Morgan fingerprint density at radius 2 is 2.00 bits per heavy atom. The summed E-state index contributed by atoms with van der Waals surface area (Å²) in [6, 6.07) is 0. The molecule has 5 nitrogen and oxygen atoms in total. The van der Waals surface area contributed by atoms with Crippen molar-refractivity contribution in [2.75, 3.05) is 33.5 Å². The zero-order valence-corrected chi connectivity index (χ0v) is 11.8. The van der Waals surface area contributed by atoms with Crippen LogP contribution in [0.25, 0.3) is 0 Å². The lowest BCUT2D eigenvalue weighted by Crippen LogP contribution is -2.40. The molecule has 0 fully saturated rings. The number of carbonyl (C=O) groups is 1. The van der Waals surface area contributed by atoms with Gasteiger partial charge in [0.1, 0.15) is 0 Å². The molecule has 1 atom stereocenters. The molecule has 0 aliphatic carbocycles. The van der Waals surface area contributed by atoms with E-state index < -0.39 is 11.4 Å². The number of hydrogen-bond acceptors (Lipinski definition) is 4. The van der Waals surface area contributed by atoms with E-state index in [1.165, 1.54) is 0 Å². The van der Waals surface area contributed by atoms with Crippen molar-refractivity contribution in [1.82, 2.24) is 0 Å². The van der Waals surface area contributed by atoms with Crippen molar-refractivity contribution in [2.24, 2.45) is 17.1 Å². The van der Waals surface area contributed by atoms with E-state index in [2.05, 4.69) is 0 Å². The highest BCUT2D eigenvalue weighted by Crippen LogP contribution is 2.30. The number of hydrogen-bond donors (Lipinski definition) is 2. The van der Waals surface area contributed by atoms with E-state index >= 15 is 0 Å². The largest absolute Gasteiger partial charge is 0.481 e. The minimum atomic E-state index is -0.852. The van der Waals surface area contributed by atoms with Crippen molar-refractivity contribution < 1.29 is 19.4 Å². The van der Waals surface area contributed by atoms with Gasteiger partial charge in [-0.2, -0.15) is 0 Å². The molecular formula is C13H27NO4. The third-order valence-electron chi connectivity index (χ3n) is 3.01. The van der Waals surface area contributed by atoms with Crippen molar-refractivity contribution in [3.8, 4) is 0 Å². The Morgan fingerprint density at radius 1 is 1.33 bits per heavy atom. The zero-order chi connectivity index (χ0) is 14.0. The Hall–Kier alpha value is -0.650. The molecule has 3 N–H and O–H groups in total. The highest BCUT2D eigenvalue weighted by atomic mass is 16.5. The molecule has 0 aromatic rings. The van der Waals surface area contributed by atoms with Gasteiger partial charge in [0.15, 0.2) is 0 Å². The zero-order valence-electron chi connectivity index (χ0n) is 11.8. The summed E-state index contributed by atoms with van der Waals surface area (Å²) >= 11 is 0. The fourth-order valence-corrected chi connectivity index (χ4v) is 2.03. The van der Waals surface area contributed by atoms with Crippen LogP contribution >= 0.6 is 0 Å². The predicted octanol–water partition coefficient (Wildman–Crippen LogP) is 1.51. The van der Waals surface area contributed by atoms with E-state index in [-0.39, 0.29) is 6.54 Å². The van der Waals surface area contributed by atoms with Gasteiger partial charge in [-0.05, 0) is 25.2 Å². The molecule has 0 saturated carbocycles. The highest BCUT2D eigenvalue weighted by Gasteiger charge is 2.37. The van der Waals surface area contributed by atoms with Crippen LogP contribution in [0.3, 0.4) is 0 Å². The predicted molar refractivity (Wildman–Crippen MR) is 70.5 cm³/mol. The maximum Gasteiger partial charge on any atom is 0.311 e. The number of aliphatic carboxylic acids is 1. The lowest BCUT2D eigenvalue weighted by Gasteiger charge is -2.29. The normalized spacial score (nSPS) is 14.7. The molecular weight excluding hydrogens is 234 g/mol. The minimum Gasteiger partial charge on any atom is -0.481 e. The number of nitrogens with two attached hydrogens (primary N) is 1. The molecule has 0 rings (SSSR count). The van der Waals surface area contributed by atoms with Crippen molar-refractivity contribution >= 4 is 5.97 Å². The number of rotatable bonds is 11. The average Bonchev–Trinajstić information content (AvgIpc) is 2.31. The van der Waals surface area contributed by atoms with Crippen LogP contribution < -0.4 is 5.73 Å². The molecule has 0 aromatic carbocycles. The second-order valence-corrected chi connectivity index (χ2v) is 5.10. The first-order chi connectivity index (χ1) is 8.48. The summed E-state index contributed by atoms with van der Waals surface area (Å²) in [5.74, 6) is -0.516. The second kappa shape index (κ2) is 9.30. The molecule has 0 saturated heterocycles. The van der Waals surface area contributed by atoms with Gasteiger partial charge in [-0.25, -0.2) is 0 Å². The maximum absolute atomic E-state index is 11.4. The lowest BCUT2D eigenvalue weighted by molar-refractivity contribution is -0.150. The molecule has 18 heavy (non-hydrogen) atoms. The summed E-state index contributed by atoms with van der Waals surface area (Å²) in [6.07, 6.45) is 1.87. The summed E-state index contributed by atoms with van der Waals surface area (Å²) in [6.45, 7) is 5.85. The summed E-state index contributed by atoms with van der Waals surface area (Å²) in [4.78, 5) is 11.4. The van der Waals surface area contributed by atoms with Crippen LogP contribution in [0.5, 0.6) is 0 Å². The first-order valence-corrected chi connectivity index (χ1v) is 6.48. The summed E-state index contributed by atoms with van der Waals surface area (Å²) in [5.41, 5.74) is 4.81. The van der Waals surface area contributed by atoms with Gasteiger partial charge in [-0.1, -0.05) is 13.8 Å². The summed E-state index contributed by atoms with van der Waals surface area (Å²) < 4.78 is 10.3. The molecule has 0 aliphatic rings. The van der Waals surface area contributed by atoms with Crippen LogP contribution in [0, 0.1) is 11.3 Å². The molecule has 1 unspecified atom stereocenters. The Labute approximate surface area is 110 Å². The molecule has 0 aromatic heterocycles. The van der Waals surface area contributed by atoms with Crippen LogP contribution in [0.15, 0.2) is 0 Å². The topological polar surface area (TPSA) is 81.8 Å². The molecule has 108 valence electrons. The minimum absolute atomic E-state index is 0.155. The van der Waals surface area contributed by atoms with Crippen molar-refractivity contribution in [2.45, 2.75) is 33.1 Å². The Kier molecular flexibility index (Phi) is 8.97. The van der Waals surface area contributed by atoms with Crippen LogP contribution in [0.2, 0.25) is 0 Å². The van der Waals surface area contributed by atoms with E-state index in [0.29, 0.717) is 38.6 Å². The number of carboxylic acid groups (broad SMARTS) is 1. The third-order valence-corrected chi connectivity index (χ3v) is 3.01. The summed E-state index contributed by atoms with van der Waals surface area (Å²) in [7, 11) is 1.65. The average molecular weight is 261 g/mol. The molecule has 0 heterocycles. The van der Waals surface area contributed by atoms with Gasteiger partial charge in [0.25, 0.3) is 0 Å². The Bertz CT molecular complexity index is 233. The van der Waals surface area contributed by atoms with Gasteiger partial charge in [-0.15, -0.1) is 0 Å². The quantitative estimate of drug-likeness (QED) is 0.551. The molecule has 0 amide bonds. The molecule has 0 spiro atoms. The lowest BCUT2D eigenvalue weighted by atomic mass is 9.77. The first-order valence-electron chi connectivity index (χ1n) is 6.48. The molecule has 0 radical (unpaired) electrons. The summed E-state index contributed by atoms with van der Waals surface area (Å²) in [5, 5.41) is 9.36. The van der Waals surface area contributed by atoms with Gasteiger partial charge in [-0.3, -0.25) is 4.79 Å².